The predicted molar refractivity (Wildman–Crippen MR) is 82.9 cm³/mol. The molecule has 24 heavy (non-hydrogen) atoms. The van der Waals surface area contributed by atoms with Crippen molar-refractivity contribution < 1.29 is 34.4 Å². The molecule has 0 unspecified atom stereocenters. The fourth-order valence-corrected chi connectivity index (χ4v) is 2.17. The maximum atomic E-state index is 12.4. The zero-order valence-electron chi connectivity index (χ0n) is 13.1. The molecule has 0 saturated heterocycles. The molecular weight excluding hydrogens is 316 g/mol. The smallest absolute Gasteiger partial charge is 0.302 e. The minimum atomic E-state index is -1.54. The standard InChI is InChI=1S/C17H16O7/c1-9(18)24-8-17(2,23)6-5-10-7-13(21)14-11(19)3-4-12(20)15(14)16(10)22/h3-7,19-20,23H,8H2,1-2H3/b6-5+/t17-/m1/s1. The Balaban J connectivity index is 2.32. The van der Waals surface area contributed by atoms with Crippen LogP contribution >= 0.6 is 0 Å². The van der Waals surface area contributed by atoms with Crippen LogP contribution in [-0.4, -0.2) is 45.1 Å². The lowest BCUT2D eigenvalue weighted by Crippen LogP contribution is -2.29. The van der Waals surface area contributed by atoms with Crippen LogP contribution in [-0.2, 0) is 9.53 Å². The number of rotatable bonds is 4. The molecular formula is C17H16O7. The van der Waals surface area contributed by atoms with E-state index < -0.39 is 34.6 Å². The van der Waals surface area contributed by atoms with Gasteiger partial charge in [-0.25, -0.2) is 0 Å². The fourth-order valence-electron chi connectivity index (χ4n) is 2.17. The van der Waals surface area contributed by atoms with E-state index in [2.05, 4.69) is 0 Å². The van der Waals surface area contributed by atoms with E-state index in [1.807, 2.05) is 0 Å². The molecule has 0 saturated carbocycles. The topological polar surface area (TPSA) is 121 Å². The molecule has 3 N–H and O–H groups in total. The summed E-state index contributed by atoms with van der Waals surface area (Å²) in [5.41, 5.74) is -2.17. The van der Waals surface area contributed by atoms with E-state index in [1.165, 1.54) is 26.0 Å². The van der Waals surface area contributed by atoms with Crippen molar-refractivity contribution >= 4 is 17.5 Å². The molecule has 1 aliphatic rings. The lowest BCUT2D eigenvalue weighted by molar-refractivity contribution is -0.145. The van der Waals surface area contributed by atoms with Crippen LogP contribution in [0.5, 0.6) is 11.5 Å². The van der Waals surface area contributed by atoms with E-state index in [9.17, 15) is 29.7 Å². The second-order valence-corrected chi connectivity index (χ2v) is 5.62. The number of esters is 1. The van der Waals surface area contributed by atoms with E-state index in [0.29, 0.717) is 0 Å². The Hall–Kier alpha value is -2.93. The van der Waals surface area contributed by atoms with E-state index >= 15 is 0 Å². The summed E-state index contributed by atoms with van der Waals surface area (Å²) in [6.07, 6.45) is 3.41. The Labute approximate surface area is 137 Å². The van der Waals surface area contributed by atoms with Gasteiger partial charge in [0.1, 0.15) is 23.7 Å². The molecule has 1 atom stereocenters. The summed E-state index contributed by atoms with van der Waals surface area (Å²) in [7, 11) is 0. The van der Waals surface area contributed by atoms with Crippen molar-refractivity contribution in [2.75, 3.05) is 6.61 Å². The number of allylic oxidation sites excluding steroid dienone is 3. The van der Waals surface area contributed by atoms with Crippen molar-refractivity contribution in [1.82, 2.24) is 0 Å². The number of carbonyl (C=O) groups excluding carboxylic acids is 3. The first-order valence-electron chi connectivity index (χ1n) is 7.03. The van der Waals surface area contributed by atoms with Crippen LogP contribution in [0.15, 0.2) is 35.9 Å². The normalized spacial score (nSPS) is 16.5. The summed E-state index contributed by atoms with van der Waals surface area (Å²) < 4.78 is 4.70. The molecule has 0 radical (unpaired) electrons. The molecule has 0 fully saturated rings. The van der Waals surface area contributed by atoms with Gasteiger partial charge in [-0.2, -0.15) is 0 Å². The van der Waals surface area contributed by atoms with Gasteiger partial charge in [-0.1, -0.05) is 6.08 Å². The van der Waals surface area contributed by atoms with Gasteiger partial charge in [-0.3, -0.25) is 14.4 Å². The van der Waals surface area contributed by atoms with E-state index in [0.717, 1.165) is 18.2 Å². The number of phenolic OH excluding ortho intramolecular Hbond substituents is 2. The van der Waals surface area contributed by atoms with Gasteiger partial charge < -0.3 is 20.1 Å². The molecule has 7 heteroatoms. The number of hydrogen-bond donors (Lipinski definition) is 3. The Morgan fingerprint density at radius 2 is 1.79 bits per heavy atom. The molecule has 0 aromatic heterocycles. The zero-order valence-corrected chi connectivity index (χ0v) is 13.1. The van der Waals surface area contributed by atoms with Gasteiger partial charge in [0.05, 0.1) is 11.1 Å². The quantitative estimate of drug-likeness (QED) is 0.561. The van der Waals surface area contributed by atoms with Crippen LogP contribution in [0.1, 0.15) is 34.6 Å². The third-order valence-electron chi connectivity index (χ3n) is 3.37. The van der Waals surface area contributed by atoms with Crippen LogP contribution in [0.2, 0.25) is 0 Å². The highest BCUT2D eigenvalue weighted by molar-refractivity contribution is 6.27. The van der Waals surface area contributed by atoms with Gasteiger partial charge in [0, 0.05) is 12.5 Å². The van der Waals surface area contributed by atoms with Crippen molar-refractivity contribution in [3.8, 4) is 11.5 Å². The minimum absolute atomic E-state index is 0.0727. The van der Waals surface area contributed by atoms with Crippen molar-refractivity contribution in [2.24, 2.45) is 0 Å². The van der Waals surface area contributed by atoms with Gasteiger partial charge in [0.2, 0.25) is 0 Å². The van der Waals surface area contributed by atoms with Gasteiger partial charge in [-0.15, -0.1) is 0 Å². The third kappa shape index (κ3) is 3.52. The average Bonchev–Trinajstić information content (AvgIpc) is 2.50. The molecule has 1 aliphatic carbocycles. The predicted octanol–water partition coefficient (Wildman–Crippen LogP) is 1.27. The maximum Gasteiger partial charge on any atom is 0.302 e. The summed E-state index contributed by atoms with van der Waals surface area (Å²) in [6, 6.07) is 2.24. The zero-order chi connectivity index (χ0) is 18.1. The third-order valence-corrected chi connectivity index (χ3v) is 3.37. The van der Waals surface area contributed by atoms with Crippen molar-refractivity contribution in [2.45, 2.75) is 19.4 Å². The number of ether oxygens (including phenoxy) is 1. The maximum absolute atomic E-state index is 12.4. The average molecular weight is 332 g/mol. The lowest BCUT2D eigenvalue weighted by atomic mass is 9.87. The fraction of sp³-hybridized carbons (Fsp3) is 0.235. The molecule has 0 bridgehead atoms. The van der Waals surface area contributed by atoms with E-state index in [-0.39, 0.29) is 23.3 Å². The molecule has 0 heterocycles. The number of ketones is 2. The van der Waals surface area contributed by atoms with Crippen LogP contribution in [0.25, 0.3) is 0 Å². The van der Waals surface area contributed by atoms with Crippen LogP contribution in [0.3, 0.4) is 0 Å². The van der Waals surface area contributed by atoms with Crippen molar-refractivity contribution in [1.29, 1.82) is 0 Å². The second kappa shape index (κ2) is 6.29. The van der Waals surface area contributed by atoms with Gasteiger partial charge in [-0.05, 0) is 31.2 Å². The van der Waals surface area contributed by atoms with Crippen molar-refractivity contribution in [3.63, 3.8) is 0 Å². The van der Waals surface area contributed by atoms with Gasteiger partial charge in [0.25, 0.3) is 0 Å². The number of benzene rings is 1. The molecule has 7 nitrogen and oxygen atoms in total. The van der Waals surface area contributed by atoms with Crippen molar-refractivity contribution in [3.05, 3.63) is 47.1 Å². The highest BCUT2D eigenvalue weighted by Gasteiger charge is 2.30. The highest BCUT2D eigenvalue weighted by atomic mass is 16.5. The Kier molecular flexibility index (Phi) is 4.57. The number of fused-ring (bicyclic) bond motifs is 1. The van der Waals surface area contributed by atoms with Crippen LogP contribution < -0.4 is 0 Å². The molecule has 126 valence electrons. The summed E-state index contributed by atoms with van der Waals surface area (Å²) in [5.74, 6) is -2.70. The first kappa shape index (κ1) is 17.4. The number of hydrogen-bond acceptors (Lipinski definition) is 7. The summed E-state index contributed by atoms with van der Waals surface area (Å²) in [6.45, 7) is 2.23. The first-order valence-corrected chi connectivity index (χ1v) is 7.03. The second-order valence-electron chi connectivity index (χ2n) is 5.62. The SMILES string of the molecule is CC(=O)OC[C@](C)(O)/C=C/C1=CC(=O)c2c(O)ccc(O)c2C1=O. The Bertz CT molecular complexity index is 784. The lowest BCUT2D eigenvalue weighted by Gasteiger charge is -2.19. The molecule has 0 aliphatic heterocycles. The number of Topliss-reactive ketones (excluding diaryl/α,β-unsaturated/α-hetero) is 1. The molecule has 2 rings (SSSR count). The first-order chi connectivity index (χ1) is 11.1. The van der Waals surface area contributed by atoms with Crippen LogP contribution in [0, 0.1) is 0 Å². The molecule has 1 aromatic carbocycles. The van der Waals surface area contributed by atoms with Gasteiger partial charge in [0.15, 0.2) is 11.6 Å². The number of aromatic hydroxyl groups is 2. The van der Waals surface area contributed by atoms with E-state index in [1.54, 1.807) is 0 Å². The van der Waals surface area contributed by atoms with Gasteiger partial charge >= 0.3 is 5.97 Å². The summed E-state index contributed by atoms with van der Waals surface area (Å²) in [5, 5.41) is 29.6. The minimum Gasteiger partial charge on any atom is -0.507 e. The van der Waals surface area contributed by atoms with E-state index in [4.69, 9.17) is 4.74 Å². The molecule has 0 amide bonds. The summed E-state index contributed by atoms with van der Waals surface area (Å²) >= 11 is 0. The number of carbonyl (C=O) groups is 3. The number of phenols is 2. The monoisotopic (exact) mass is 332 g/mol. The Morgan fingerprint density at radius 3 is 2.38 bits per heavy atom. The summed E-state index contributed by atoms with van der Waals surface area (Å²) in [4.78, 5) is 35.3. The Morgan fingerprint density at radius 1 is 1.21 bits per heavy atom. The van der Waals surface area contributed by atoms with Crippen LogP contribution in [0.4, 0.5) is 0 Å². The molecule has 0 spiro atoms. The number of aliphatic hydroxyl groups is 1. The largest absolute Gasteiger partial charge is 0.507 e. The highest BCUT2D eigenvalue weighted by Crippen LogP contribution is 2.35. The molecule has 1 aromatic rings.